The van der Waals surface area contributed by atoms with Crippen molar-refractivity contribution in [2.75, 3.05) is 18.4 Å². The second-order valence-corrected chi connectivity index (χ2v) is 5.66. The molecule has 1 fully saturated rings. The van der Waals surface area contributed by atoms with Crippen molar-refractivity contribution in [1.29, 1.82) is 0 Å². The maximum Gasteiger partial charge on any atom is 0.274 e. The zero-order valence-electron chi connectivity index (χ0n) is 13.3. The SMILES string of the molecule is Cc1cc(C(=O)Nc2cc(F)c(C=C3CNC3)c(F)c2)nc(C)n1. The number of nitrogens with one attached hydrogen (secondary N) is 2. The summed E-state index contributed by atoms with van der Waals surface area (Å²) in [4.78, 5) is 20.3. The lowest BCUT2D eigenvalue weighted by atomic mass is 10.1. The zero-order chi connectivity index (χ0) is 17.3. The highest BCUT2D eigenvalue weighted by molar-refractivity contribution is 6.03. The van der Waals surface area contributed by atoms with Crippen LogP contribution in [0.2, 0.25) is 0 Å². The predicted molar refractivity (Wildman–Crippen MR) is 86.7 cm³/mol. The lowest BCUT2D eigenvalue weighted by Gasteiger charge is -2.18. The van der Waals surface area contributed by atoms with Crippen molar-refractivity contribution in [3.63, 3.8) is 0 Å². The number of carbonyl (C=O) groups excluding carboxylic acids is 1. The standard InChI is InChI=1S/C17H16F2N4O/c1-9-3-16(22-10(2)21-9)17(24)23-12-5-14(18)13(15(19)6-12)4-11-7-20-8-11/h3-6,20H,7-8H2,1-2H3,(H,23,24). The molecule has 3 rings (SSSR count). The van der Waals surface area contributed by atoms with E-state index in [1.165, 1.54) is 12.1 Å². The summed E-state index contributed by atoms with van der Waals surface area (Å²) in [6.45, 7) is 4.66. The third kappa shape index (κ3) is 3.46. The number of aryl methyl sites for hydroxylation is 2. The molecule has 1 aliphatic rings. The molecular formula is C17H16F2N4O. The molecule has 0 atom stereocenters. The normalized spacial score (nSPS) is 13.4. The van der Waals surface area contributed by atoms with E-state index in [0.29, 0.717) is 24.6 Å². The van der Waals surface area contributed by atoms with Crippen LogP contribution in [-0.2, 0) is 0 Å². The monoisotopic (exact) mass is 330 g/mol. The summed E-state index contributed by atoms with van der Waals surface area (Å²) in [5, 5.41) is 5.46. The van der Waals surface area contributed by atoms with Crippen LogP contribution in [0.4, 0.5) is 14.5 Å². The van der Waals surface area contributed by atoms with Gasteiger partial charge in [0.1, 0.15) is 23.2 Å². The molecule has 1 aliphatic heterocycles. The molecule has 0 aliphatic carbocycles. The summed E-state index contributed by atoms with van der Waals surface area (Å²) in [5.41, 5.74) is 1.65. The fourth-order valence-corrected chi connectivity index (χ4v) is 2.40. The van der Waals surface area contributed by atoms with Crippen LogP contribution in [0, 0.1) is 25.5 Å². The first-order valence-corrected chi connectivity index (χ1v) is 7.45. The number of rotatable bonds is 3. The van der Waals surface area contributed by atoms with Gasteiger partial charge in [-0.2, -0.15) is 0 Å². The molecule has 2 heterocycles. The number of halogens is 2. The van der Waals surface area contributed by atoms with Crippen molar-refractivity contribution >= 4 is 17.7 Å². The highest BCUT2D eigenvalue weighted by atomic mass is 19.1. The maximum atomic E-state index is 14.1. The van der Waals surface area contributed by atoms with Crippen LogP contribution in [0.25, 0.3) is 6.08 Å². The van der Waals surface area contributed by atoms with Crippen molar-refractivity contribution in [2.45, 2.75) is 13.8 Å². The first kappa shape index (κ1) is 16.2. The van der Waals surface area contributed by atoms with E-state index in [1.807, 2.05) is 0 Å². The van der Waals surface area contributed by atoms with Crippen LogP contribution < -0.4 is 10.6 Å². The van der Waals surface area contributed by atoms with Gasteiger partial charge in [0.15, 0.2) is 0 Å². The van der Waals surface area contributed by atoms with E-state index in [2.05, 4.69) is 20.6 Å². The largest absolute Gasteiger partial charge is 0.320 e. The third-order valence-electron chi connectivity index (χ3n) is 3.59. The van der Waals surface area contributed by atoms with E-state index >= 15 is 0 Å². The predicted octanol–water partition coefficient (Wildman–Crippen LogP) is 2.61. The fourth-order valence-electron chi connectivity index (χ4n) is 2.40. The molecular weight excluding hydrogens is 314 g/mol. The van der Waals surface area contributed by atoms with Gasteiger partial charge in [0, 0.05) is 30.0 Å². The molecule has 1 saturated heterocycles. The van der Waals surface area contributed by atoms with Gasteiger partial charge < -0.3 is 10.6 Å². The third-order valence-corrected chi connectivity index (χ3v) is 3.59. The van der Waals surface area contributed by atoms with Crippen LogP contribution in [0.15, 0.2) is 23.8 Å². The summed E-state index contributed by atoms with van der Waals surface area (Å²) in [6, 6.07) is 3.71. The van der Waals surface area contributed by atoms with Crippen LogP contribution >= 0.6 is 0 Å². The smallest absolute Gasteiger partial charge is 0.274 e. The minimum Gasteiger partial charge on any atom is -0.320 e. The Morgan fingerprint density at radius 3 is 2.38 bits per heavy atom. The number of nitrogens with zero attached hydrogens (tertiary/aromatic N) is 2. The number of amides is 1. The van der Waals surface area contributed by atoms with E-state index in [0.717, 1.165) is 17.7 Å². The van der Waals surface area contributed by atoms with Gasteiger partial charge in [0.25, 0.3) is 5.91 Å². The molecule has 124 valence electrons. The highest BCUT2D eigenvalue weighted by Gasteiger charge is 2.15. The Kier molecular flexibility index (Phi) is 4.35. The Balaban J connectivity index is 1.83. The summed E-state index contributed by atoms with van der Waals surface area (Å²) < 4.78 is 28.3. The number of anilines is 1. The van der Waals surface area contributed by atoms with E-state index in [4.69, 9.17) is 0 Å². The van der Waals surface area contributed by atoms with Crippen molar-refractivity contribution in [1.82, 2.24) is 15.3 Å². The Bertz CT molecular complexity index is 799. The average molecular weight is 330 g/mol. The van der Waals surface area contributed by atoms with Gasteiger partial charge in [0.2, 0.25) is 0 Å². The van der Waals surface area contributed by atoms with E-state index in [-0.39, 0.29) is 16.9 Å². The molecule has 2 aromatic rings. The molecule has 0 radical (unpaired) electrons. The molecule has 7 heteroatoms. The first-order valence-electron chi connectivity index (χ1n) is 7.45. The van der Waals surface area contributed by atoms with Gasteiger partial charge in [-0.15, -0.1) is 0 Å². The Hall–Kier alpha value is -2.67. The van der Waals surface area contributed by atoms with Gasteiger partial charge in [-0.3, -0.25) is 4.79 Å². The summed E-state index contributed by atoms with van der Waals surface area (Å²) >= 11 is 0. The topological polar surface area (TPSA) is 66.9 Å². The molecule has 2 N–H and O–H groups in total. The van der Waals surface area contributed by atoms with Crippen molar-refractivity contribution in [2.24, 2.45) is 0 Å². The van der Waals surface area contributed by atoms with Crippen LogP contribution in [0.3, 0.4) is 0 Å². The van der Waals surface area contributed by atoms with E-state index in [9.17, 15) is 13.6 Å². The van der Waals surface area contributed by atoms with Gasteiger partial charge in [0.05, 0.1) is 0 Å². The van der Waals surface area contributed by atoms with E-state index < -0.39 is 17.5 Å². The Labute approximate surface area is 137 Å². The van der Waals surface area contributed by atoms with E-state index in [1.54, 1.807) is 13.8 Å². The molecule has 0 spiro atoms. The maximum absolute atomic E-state index is 14.1. The second-order valence-electron chi connectivity index (χ2n) is 5.66. The quantitative estimate of drug-likeness (QED) is 0.908. The Morgan fingerprint density at radius 1 is 1.17 bits per heavy atom. The van der Waals surface area contributed by atoms with Crippen LogP contribution in [0.1, 0.15) is 27.6 Å². The lowest BCUT2D eigenvalue weighted by molar-refractivity contribution is 0.102. The molecule has 0 bridgehead atoms. The highest BCUT2D eigenvalue weighted by Crippen LogP contribution is 2.22. The van der Waals surface area contributed by atoms with Crippen molar-refractivity contribution in [3.05, 3.63) is 58.2 Å². The number of hydrogen-bond donors (Lipinski definition) is 2. The van der Waals surface area contributed by atoms with Gasteiger partial charge in [-0.1, -0.05) is 0 Å². The second kappa shape index (κ2) is 6.45. The molecule has 1 aromatic carbocycles. The molecule has 1 amide bonds. The minimum absolute atomic E-state index is 0.0396. The zero-order valence-corrected chi connectivity index (χ0v) is 13.3. The minimum atomic E-state index is -0.722. The number of hydrogen-bond acceptors (Lipinski definition) is 4. The molecule has 0 saturated carbocycles. The number of benzene rings is 1. The van der Waals surface area contributed by atoms with Crippen molar-refractivity contribution < 1.29 is 13.6 Å². The molecule has 5 nitrogen and oxygen atoms in total. The lowest BCUT2D eigenvalue weighted by Crippen LogP contribution is -2.33. The fraction of sp³-hybridized carbons (Fsp3) is 0.235. The summed E-state index contributed by atoms with van der Waals surface area (Å²) in [6.07, 6.45) is 1.49. The number of aromatic nitrogens is 2. The van der Waals surface area contributed by atoms with Crippen molar-refractivity contribution in [3.8, 4) is 0 Å². The van der Waals surface area contributed by atoms with Gasteiger partial charge in [-0.05, 0) is 43.7 Å². The van der Waals surface area contributed by atoms with Crippen LogP contribution in [-0.4, -0.2) is 29.0 Å². The molecule has 24 heavy (non-hydrogen) atoms. The Morgan fingerprint density at radius 2 is 1.83 bits per heavy atom. The average Bonchev–Trinajstić information content (AvgIpc) is 2.43. The first-order chi connectivity index (χ1) is 11.4. The molecule has 1 aromatic heterocycles. The molecule has 0 unspecified atom stereocenters. The van der Waals surface area contributed by atoms with Gasteiger partial charge >= 0.3 is 0 Å². The number of carbonyl (C=O) groups is 1. The van der Waals surface area contributed by atoms with Gasteiger partial charge in [-0.25, -0.2) is 18.7 Å². The summed E-state index contributed by atoms with van der Waals surface area (Å²) in [5.74, 6) is -1.54. The van der Waals surface area contributed by atoms with Crippen LogP contribution in [0.5, 0.6) is 0 Å². The summed E-state index contributed by atoms with van der Waals surface area (Å²) in [7, 11) is 0.